The molecule has 4 fully saturated rings. The number of fused-ring (bicyclic) bond motifs is 4. The van der Waals surface area contributed by atoms with Crippen molar-refractivity contribution in [3.8, 4) is 5.75 Å². The molecule has 280 valence electrons. The van der Waals surface area contributed by atoms with Gasteiger partial charge in [0.2, 0.25) is 11.8 Å². The second kappa shape index (κ2) is 13.4. The highest BCUT2D eigenvalue weighted by Crippen LogP contribution is 2.53. The van der Waals surface area contributed by atoms with E-state index in [-0.39, 0.29) is 29.3 Å². The lowest BCUT2D eigenvalue weighted by Gasteiger charge is -2.52. The number of nitrogens with two attached hydrogens (primary N) is 1. The minimum atomic E-state index is -4.58. The number of nitrogens with zero attached hydrogens (tertiary/aromatic N) is 3. The molecule has 12 nitrogen and oxygen atoms in total. The van der Waals surface area contributed by atoms with Gasteiger partial charge in [0.15, 0.2) is 21.8 Å². The number of carbonyl (C=O) groups excluding carboxylic acids is 2. The zero-order valence-corrected chi connectivity index (χ0v) is 29.2. The number of alkyl halides is 3. The molecule has 0 unspecified atom stereocenters. The zero-order valence-electron chi connectivity index (χ0n) is 28.4. The molecule has 1 saturated heterocycles. The molecule has 2 aromatic carbocycles. The Morgan fingerprint density at radius 1 is 1.10 bits per heavy atom. The van der Waals surface area contributed by atoms with E-state index >= 15 is 4.39 Å². The Balaban J connectivity index is 1.11. The maximum atomic E-state index is 15.7. The molecule has 2 atom stereocenters. The number of hydrogen-bond acceptors (Lipinski definition) is 10. The van der Waals surface area contributed by atoms with Gasteiger partial charge in [0.1, 0.15) is 11.6 Å². The number of amides is 2. The monoisotopic (exact) mass is 749 g/mol. The third-order valence-electron chi connectivity index (χ3n) is 11.0. The van der Waals surface area contributed by atoms with Gasteiger partial charge in [-0.2, -0.15) is 18.2 Å². The Labute approximate surface area is 297 Å². The molecule has 8 rings (SSSR count). The summed E-state index contributed by atoms with van der Waals surface area (Å²) in [5, 5.41) is 7.31. The van der Waals surface area contributed by atoms with E-state index in [0.29, 0.717) is 69.0 Å². The van der Waals surface area contributed by atoms with E-state index < -0.39 is 67.5 Å². The van der Waals surface area contributed by atoms with Crippen molar-refractivity contribution < 1.29 is 49.6 Å². The SMILES string of the molecule is C[C@@H](Oc1ccc(CN2C(=O)[C@@H](N)CS(=O)(=O)c3cc(F)c(C(=O)NC45CCC(c6nc(C7CCOCC7)no6)(CC4)CC5)cc32)cc1)C(F)(F)F. The molecule has 52 heavy (non-hydrogen) atoms. The van der Waals surface area contributed by atoms with Gasteiger partial charge < -0.3 is 29.9 Å². The minimum absolute atomic E-state index is 0.0738. The smallest absolute Gasteiger partial charge is 0.425 e. The van der Waals surface area contributed by atoms with Crippen molar-refractivity contribution in [1.82, 2.24) is 15.5 Å². The van der Waals surface area contributed by atoms with Crippen LogP contribution in [-0.2, 0) is 31.3 Å². The van der Waals surface area contributed by atoms with Crippen molar-refractivity contribution in [2.24, 2.45) is 5.73 Å². The summed E-state index contributed by atoms with van der Waals surface area (Å²) in [7, 11) is -4.27. The number of anilines is 1. The van der Waals surface area contributed by atoms with E-state index in [1.54, 1.807) is 0 Å². The summed E-state index contributed by atoms with van der Waals surface area (Å²) < 4.78 is 97.5. The van der Waals surface area contributed by atoms with Gasteiger partial charge in [0.05, 0.1) is 34.5 Å². The summed E-state index contributed by atoms with van der Waals surface area (Å²) in [6.45, 7) is 1.91. The highest BCUT2D eigenvalue weighted by molar-refractivity contribution is 7.91. The number of carbonyl (C=O) groups is 2. The molecule has 3 N–H and O–H groups in total. The molecular formula is C35H39F4N5O7S. The Bertz CT molecular complexity index is 1940. The molecule has 3 heterocycles. The van der Waals surface area contributed by atoms with E-state index in [1.807, 2.05) is 0 Å². The van der Waals surface area contributed by atoms with Crippen LogP contribution in [0.2, 0.25) is 0 Å². The van der Waals surface area contributed by atoms with Crippen LogP contribution < -0.4 is 20.7 Å². The molecule has 3 aliphatic carbocycles. The van der Waals surface area contributed by atoms with Crippen LogP contribution in [0.15, 0.2) is 45.8 Å². The van der Waals surface area contributed by atoms with Crippen LogP contribution in [0.3, 0.4) is 0 Å². The van der Waals surface area contributed by atoms with Crippen LogP contribution in [0.4, 0.5) is 23.2 Å². The first-order valence-corrected chi connectivity index (χ1v) is 18.9. The van der Waals surface area contributed by atoms with Crippen molar-refractivity contribution >= 4 is 27.3 Å². The van der Waals surface area contributed by atoms with Crippen LogP contribution in [0, 0.1) is 5.82 Å². The van der Waals surface area contributed by atoms with Gasteiger partial charge in [-0.25, -0.2) is 12.8 Å². The molecule has 2 amide bonds. The van der Waals surface area contributed by atoms with E-state index in [9.17, 15) is 31.2 Å². The van der Waals surface area contributed by atoms with Gasteiger partial charge in [-0.15, -0.1) is 0 Å². The number of aromatic nitrogens is 2. The molecule has 17 heteroatoms. The standard InChI is InChI=1S/C35H39F4N5O7S/c1-20(35(37,38)39)50-23-4-2-21(3-5-23)18-44-27-16-24(25(36)17-28(27)52(47,48)19-26(40)31(44)46)30(45)42-34-11-8-33(9-12-34,10-13-34)32-41-29(43-51-32)22-6-14-49-15-7-22/h2-5,16-17,20,22,26H,6-15,18-19,40H2,1H3,(H,42,45)/t20-,26+,33?,34?/m1/s1. The quantitative estimate of drug-likeness (QED) is 0.304. The molecule has 2 aliphatic heterocycles. The first-order valence-electron chi connectivity index (χ1n) is 17.3. The van der Waals surface area contributed by atoms with Crippen LogP contribution >= 0.6 is 0 Å². The third-order valence-corrected chi connectivity index (χ3v) is 12.8. The third kappa shape index (κ3) is 6.89. The first-order chi connectivity index (χ1) is 24.6. The highest BCUT2D eigenvalue weighted by atomic mass is 32.2. The van der Waals surface area contributed by atoms with E-state index in [1.165, 1.54) is 24.3 Å². The molecule has 1 aromatic heterocycles. The first kappa shape index (κ1) is 36.3. The van der Waals surface area contributed by atoms with Gasteiger partial charge in [-0.05, 0) is 88.1 Å². The molecule has 2 bridgehead atoms. The summed E-state index contributed by atoms with van der Waals surface area (Å²) >= 11 is 0. The number of ether oxygens (including phenoxy) is 2. The normalized spacial score (nSPS) is 26.8. The number of rotatable bonds is 8. The van der Waals surface area contributed by atoms with Gasteiger partial charge >= 0.3 is 6.18 Å². The number of halogens is 4. The van der Waals surface area contributed by atoms with Crippen LogP contribution in [0.25, 0.3) is 0 Å². The lowest BCUT2D eigenvalue weighted by molar-refractivity contribution is -0.189. The number of benzene rings is 2. The summed E-state index contributed by atoms with van der Waals surface area (Å²) in [6.07, 6.45) is -1.22. The minimum Gasteiger partial charge on any atom is -0.481 e. The topological polar surface area (TPSA) is 167 Å². The number of sulfone groups is 1. The second-order valence-electron chi connectivity index (χ2n) is 14.4. The van der Waals surface area contributed by atoms with Gasteiger partial charge in [-0.3, -0.25) is 9.59 Å². The van der Waals surface area contributed by atoms with E-state index in [0.717, 1.165) is 36.8 Å². The Morgan fingerprint density at radius 2 is 1.75 bits per heavy atom. The zero-order chi connectivity index (χ0) is 37.1. The molecule has 3 aromatic rings. The maximum Gasteiger partial charge on any atom is 0.425 e. The Morgan fingerprint density at radius 3 is 2.38 bits per heavy atom. The molecule has 3 saturated carbocycles. The lowest BCUT2D eigenvalue weighted by Crippen LogP contribution is -2.58. The van der Waals surface area contributed by atoms with Crippen LogP contribution in [-0.4, -0.2) is 73.2 Å². The fourth-order valence-corrected chi connectivity index (χ4v) is 9.32. The largest absolute Gasteiger partial charge is 0.481 e. The average molecular weight is 750 g/mol. The lowest BCUT2D eigenvalue weighted by atomic mass is 9.57. The molecule has 5 aliphatic rings. The van der Waals surface area contributed by atoms with E-state index in [2.05, 4.69) is 10.5 Å². The van der Waals surface area contributed by atoms with Gasteiger partial charge in [0, 0.05) is 30.1 Å². The van der Waals surface area contributed by atoms with E-state index in [4.69, 9.17) is 24.7 Å². The average Bonchev–Trinajstić information content (AvgIpc) is 3.61. The van der Waals surface area contributed by atoms with Gasteiger partial charge in [-0.1, -0.05) is 17.3 Å². The van der Waals surface area contributed by atoms with Crippen LogP contribution in [0.1, 0.15) is 91.8 Å². The van der Waals surface area contributed by atoms with Crippen molar-refractivity contribution in [3.63, 3.8) is 0 Å². The van der Waals surface area contributed by atoms with Gasteiger partial charge in [0.25, 0.3) is 5.91 Å². The predicted octanol–water partition coefficient (Wildman–Crippen LogP) is 4.85. The Kier molecular flexibility index (Phi) is 9.35. The van der Waals surface area contributed by atoms with Crippen molar-refractivity contribution in [1.29, 1.82) is 0 Å². The van der Waals surface area contributed by atoms with Crippen molar-refractivity contribution in [2.75, 3.05) is 23.9 Å². The predicted molar refractivity (Wildman–Crippen MR) is 177 cm³/mol. The Hall–Kier alpha value is -4.09. The highest BCUT2D eigenvalue weighted by Gasteiger charge is 2.53. The molecule has 0 radical (unpaired) electrons. The molecule has 0 spiro atoms. The van der Waals surface area contributed by atoms with Crippen molar-refractivity contribution in [3.05, 3.63) is 65.1 Å². The number of hydrogen-bond donors (Lipinski definition) is 2. The number of nitrogens with one attached hydrogen (secondary N) is 1. The maximum absolute atomic E-state index is 15.7. The summed E-state index contributed by atoms with van der Waals surface area (Å²) in [5.74, 6) is -2.00. The second-order valence-corrected chi connectivity index (χ2v) is 16.4. The van der Waals surface area contributed by atoms with Crippen LogP contribution in [0.5, 0.6) is 5.75 Å². The molecular weight excluding hydrogens is 710 g/mol. The summed E-state index contributed by atoms with van der Waals surface area (Å²) in [5.41, 5.74) is 4.77. The van der Waals surface area contributed by atoms with Crippen molar-refractivity contribution in [2.45, 2.75) is 105 Å². The fourth-order valence-electron chi connectivity index (χ4n) is 7.76. The fraction of sp³-hybridized carbons (Fsp3) is 0.543. The summed E-state index contributed by atoms with van der Waals surface area (Å²) in [4.78, 5) is 32.7. The summed E-state index contributed by atoms with van der Waals surface area (Å²) in [6, 6.07) is 5.70.